The fraction of sp³-hybridized carbons (Fsp3) is 0.588. The SMILES string of the molecule is CCN1CCN(C(C)CN=C(N)Nc2ccc(C)cc2)CC1. The summed E-state index contributed by atoms with van der Waals surface area (Å²) in [6.45, 7) is 13.0. The molecule has 0 aliphatic carbocycles. The monoisotopic (exact) mass is 303 g/mol. The lowest BCUT2D eigenvalue weighted by molar-refractivity contribution is 0.109. The van der Waals surface area contributed by atoms with Gasteiger partial charge >= 0.3 is 0 Å². The van der Waals surface area contributed by atoms with E-state index in [-0.39, 0.29) is 0 Å². The van der Waals surface area contributed by atoms with E-state index in [2.05, 4.69) is 53.0 Å². The van der Waals surface area contributed by atoms with Crippen molar-refractivity contribution in [3.8, 4) is 0 Å². The van der Waals surface area contributed by atoms with Gasteiger partial charge in [0.2, 0.25) is 0 Å². The summed E-state index contributed by atoms with van der Waals surface area (Å²) in [7, 11) is 0. The summed E-state index contributed by atoms with van der Waals surface area (Å²) in [5.41, 5.74) is 8.20. The van der Waals surface area contributed by atoms with Crippen LogP contribution in [-0.2, 0) is 0 Å². The van der Waals surface area contributed by atoms with Crippen molar-refractivity contribution in [3.63, 3.8) is 0 Å². The van der Waals surface area contributed by atoms with E-state index in [9.17, 15) is 0 Å². The highest BCUT2D eigenvalue weighted by Crippen LogP contribution is 2.09. The summed E-state index contributed by atoms with van der Waals surface area (Å²) in [6, 6.07) is 8.59. The Kier molecular flexibility index (Phi) is 6.21. The molecule has 0 aromatic heterocycles. The van der Waals surface area contributed by atoms with Crippen LogP contribution in [0.25, 0.3) is 0 Å². The number of aryl methyl sites for hydroxylation is 1. The summed E-state index contributed by atoms with van der Waals surface area (Å²) in [4.78, 5) is 9.46. The molecule has 0 bridgehead atoms. The van der Waals surface area contributed by atoms with E-state index in [4.69, 9.17) is 5.73 Å². The molecule has 1 aromatic rings. The van der Waals surface area contributed by atoms with Crippen molar-refractivity contribution in [2.75, 3.05) is 44.6 Å². The topological polar surface area (TPSA) is 56.9 Å². The van der Waals surface area contributed by atoms with Gasteiger partial charge in [-0.2, -0.15) is 0 Å². The highest BCUT2D eigenvalue weighted by atomic mass is 15.3. The van der Waals surface area contributed by atoms with E-state index >= 15 is 0 Å². The molecule has 2 rings (SSSR count). The summed E-state index contributed by atoms with van der Waals surface area (Å²) in [5, 5.41) is 3.14. The zero-order valence-corrected chi connectivity index (χ0v) is 14.0. The number of nitrogens with zero attached hydrogens (tertiary/aromatic N) is 3. The zero-order chi connectivity index (χ0) is 15.9. The maximum atomic E-state index is 5.98. The molecular formula is C17H29N5. The Hall–Kier alpha value is -1.59. The fourth-order valence-corrected chi connectivity index (χ4v) is 2.69. The molecule has 1 saturated heterocycles. The molecule has 0 radical (unpaired) electrons. The standard InChI is InChI=1S/C17H29N5/c1-4-21-9-11-22(12-10-21)15(3)13-19-17(18)20-16-7-5-14(2)6-8-16/h5-8,15H,4,9-13H2,1-3H3,(H3,18,19,20). The largest absolute Gasteiger partial charge is 0.370 e. The van der Waals surface area contributed by atoms with Crippen LogP contribution in [0.5, 0.6) is 0 Å². The molecule has 1 atom stereocenters. The van der Waals surface area contributed by atoms with Crippen LogP contribution in [0, 0.1) is 6.92 Å². The van der Waals surface area contributed by atoms with Crippen LogP contribution < -0.4 is 11.1 Å². The number of rotatable bonds is 5. The lowest BCUT2D eigenvalue weighted by Crippen LogP contribution is -2.50. The second-order valence-corrected chi connectivity index (χ2v) is 6.04. The molecule has 22 heavy (non-hydrogen) atoms. The van der Waals surface area contributed by atoms with E-state index in [0.717, 1.165) is 45.0 Å². The third-order valence-electron chi connectivity index (χ3n) is 4.33. The van der Waals surface area contributed by atoms with Gasteiger partial charge in [0.1, 0.15) is 0 Å². The average molecular weight is 303 g/mol. The Bertz CT molecular complexity index is 474. The van der Waals surface area contributed by atoms with Gasteiger partial charge in [-0.3, -0.25) is 9.89 Å². The Labute approximate surface area is 134 Å². The highest BCUT2D eigenvalue weighted by Gasteiger charge is 2.19. The molecule has 1 fully saturated rings. The number of hydrogen-bond donors (Lipinski definition) is 2. The minimum absolute atomic E-state index is 0.428. The number of hydrogen-bond acceptors (Lipinski definition) is 3. The van der Waals surface area contributed by atoms with Crippen LogP contribution in [0.1, 0.15) is 19.4 Å². The smallest absolute Gasteiger partial charge is 0.193 e. The normalized spacial score (nSPS) is 19.1. The Morgan fingerprint density at radius 1 is 1.23 bits per heavy atom. The van der Waals surface area contributed by atoms with E-state index < -0.39 is 0 Å². The predicted molar refractivity (Wildman–Crippen MR) is 94.4 cm³/mol. The first-order valence-corrected chi connectivity index (χ1v) is 8.18. The van der Waals surface area contributed by atoms with Crippen molar-refractivity contribution in [2.24, 2.45) is 10.7 Å². The number of piperazine rings is 1. The second kappa shape index (κ2) is 8.15. The minimum atomic E-state index is 0.428. The van der Waals surface area contributed by atoms with Crippen molar-refractivity contribution >= 4 is 11.6 Å². The van der Waals surface area contributed by atoms with Crippen molar-refractivity contribution in [3.05, 3.63) is 29.8 Å². The number of anilines is 1. The van der Waals surface area contributed by atoms with Gasteiger partial charge in [-0.15, -0.1) is 0 Å². The van der Waals surface area contributed by atoms with E-state index in [1.807, 2.05) is 12.1 Å². The molecule has 0 spiro atoms. The van der Waals surface area contributed by atoms with E-state index in [1.54, 1.807) is 0 Å². The molecule has 5 nitrogen and oxygen atoms in total. The van der Waals surface area contributed by atoms with Crippen molar-refractivity contribution in [2.45, 2.75) is 26.8 Å². The molecule has 1 aromatic carbocycles. The molecular weight excluding hydrogens is 274 g/mol. The number of nitrogens with two attached hydrogens (primary N) is 1. The molecule has 1 aliphatic rings. The first-order chi connectivity index (χ1) is 10.6. The van der Waals surface area contributed by atoms with Crippen molar-refractivity contribution in [1.29, 1.82) is 0 Å². The first-order valence-electron chi connectivity index (χ1n) is 8.18. The van der Waals surface area contributed by atoms with Gasteiger partial charge in [-0.1, -0.05) is 24.6 Å². The summed E-state index contributed by atoms with van der Waals surface area (Å²) in [6.07, 6.45) is 0. The highest BCUT2D eigenvalue weighted by molar-refractivity contribution is 5.92. The Morgan fingerprint density at radius 2 is 1.86 bits per heavy atom. The molecule has 1 heterocycles. The fourth-order valence-electron chi connectivity index (χ4n) is 2.69. The third-order valence-corrected chi connectivity index (χ3v) is 4.33. The van der Waals surface area contributed by atoms with Crippen LogP contribution in [0.15, 0.2) is 29.3 Å². The number of nitrogens with one attached hydrogen (secondary N) is 1. The van der Waals surface area contributed by atoms with E-state index in [0.29, 0.717) is 12.0 Å². The number of guanidine groups is 1. The Morgan fingerprint density at radius 3 is 2.45 bits per heavy atom. The van der Waals surface area contributed by atoms with Gasteiger partial charge in [-0.25, -0.2) is 0 Å². The number of benzene rings is 1. The van der Waals surface area contributed by atoms with Gasteiger partial charge in [-0.05, 0) is 32.5 Å². The molecule has 0 amide bonds. The molecule has 122 valence electrons. The van der Waals surface area contributed by atoms with E-state index in [1.165, 1.54) is 5.56 Å². The number of likely N-dealkylation sites (N-methyl/N-ethyl adjacent to an activating group) is 1. The van der Waals surface area contributed by atoms with Gasteiger partial charge in [0.05, 0.1) is 6.54 Å². The summed E-state index contributed by atoms with van der Waals surface area (Å²) < 4.78 is 0. The van der Waals surface area contributed by atoms with Gasteiger partial charge < -0.3 is 16.0 Å². The van der Waals surface area contributed by atoms with Crippen molar-refractivity contribution in [1.82, 2.24) is 9.80 Å². The Balaban J connectivity index is 1.79. The van der Waals surface area contributed by atoms with Crippen LogP contribution in [0.3, 0.4) is 0 Å². The third kappa shape index (κ3) is 5.00. The quantitative estimate of drug-likeness (QED) is 0.643. The van der Waals surface area contributed by atoms with Crippen LogP contribution in [-0.4, -0.2) is 61.1 Å². The summed E-state index contributed by atoms with van der Waals surface area (Å²) in [5.74, 6) is 0.489. The maximum absolute atomic E-state index is 5.98. The number of aliphatic imine (C=N–C) groups is 1. The van der Waals surface area contributed by atoms with Crippen LogP contribution in [0.4, 0.5) is 5.69 Å². The molecule has 3 N–H and O–H groups in total. The maximum Gasteiger partial charge on any atom is 0.193 e. The molecule has 0 saturated carbocycles. The van der Waals surface area contributed by atoms with Gasteiger partial charge in [0, 0.05) is 37.9 Å². The van der Waals surface area contributed by atoms with Crippen molar-refractivity contribution < 1.29 is 0 Å². The van der Waals surface area contributed by atoms with Crippen LogP contribution in [0.2, 0.25) is 0 Å². The minimum Gasteiger partial charge on any atom is -0.370 e. The lowest BCUT2D eigenvalue weighted by Gasteiger charge is -2.37. The van der Waals surface area contributed by atoms with Crippen LogP contribution >= 0.6 is 0 Å². The van der Waals surface area contributed by atoms with Gasteiger partial charge in [0.25, 0.3) is 0 Å². The van der Waals surface area contributed by atoms with Gasteiger partial charge in [0.15, 0.2) is 5.96 Å². The molecule has 1 aliphatic heterocycles. The first kappa shape index (κ1) is 16.8. The summed E-state index contributed by atoms with van der Waals surface area (Å²) >= 11 is 0. The molecule has 5 heteroatoms. The lowest BCUT2D eigenvalue weighted by atomic mass is 10.2. The second-order valence-electron chi connectivity index (χ2n) is 6.04. The molecule has 1 unspecified atom stereocenters. The predicted octanol–water partition coefficient (Wildman–Crippen LogP) is 1.75. The average Bonchev–Trinajstić information content (AvgIpc) is 2.55. The zero-order valence-electron chi connectivity index (χ0n) is 14.0.